The first-order valence-corrected chi connectivity index (χ1v) is 20.4. The third-order valence-electron chi connectivity index (χ3n) is 11.6. The highest BCUT2D eigenvalue weighted by molar-refractivity contribution is 5.94. The molecular formula is C58H38N2. The molecule has 60 heavy (non-hydrogen) atoms. The Balaban J connectivity index is 0.890. The van der Waals surface area contributed by atoms with Crippen LogP contribution in [0.5, 0.6) is 0 Å². The molecule has 0 fully saturated rings. The molecule has 11 aromatic carbocycles. The molecule has 0 saturated heterocycles. The molecule has 0 aromatic heterocycles. The van der Waals surface area contributed by atoms with E-state index in [0.29, 0.717) is 0 Å². The SMILES string of the molecule is c1ccc2ccc(N(c3ccc(-c4ccc(-c5ccc(N(c6ccc7ccccc7c6)c6ccc7ccccc7c6)cc5)cc4)cc3)c3ccc4ccccc4c3)cc2c#1. The highest BCUT2D eigenvalue weighted by Gasteiger charge is 2.16. The van der Waals surface area contributed by atoms with Gasteiger partial charge in [-0.15, -0.1) is 0 Å². The van der Waals surface area contributed by atoms with E-state index in [1.165, 1.54) is 54.6 Å². The van der Waals surface area contributed by atoms with Gasteiger partial charge in [0.15, 0.2) is 0 Å². The van der Waals surface area contributed by atoms with Crippen LogP contribution < -0.4 is 9.80 Å². The van der Waals surface area contributed by atoms with Crippen LogP contribution in [0, 0.1) is 12.1 Å². The van der Waals surface area contributed by atoms with Crippen LogP contribution in [0.4, 0.5) is 34.1 Å². The molecule has 0 spiro atoms. The number of hydrogen-bond acceptors (Lipinski definition) is 2. The van der Waals surface area contributed by atoms with E-state index < -0.39 is 0 Å². The molecule has 0 unspecified atom stereocenters. The Morgan fingerprint density at radius 3 is 0.967 bits per heavy atom. The van der Waals surface area contributed by atoms with E-state index in [1.807, 2.05) is 6.07 Å². The van der Waals surface area contributed by atoms with Gasteiger partial charge < -0.3 is 9.80 Å². The van der Waals surface area contributed by atoms with Gasteiger partial charge in [-0.3, -0.25) is 0 Å². The van der Waals surface area contributed by atoms with E-state index in [2.05, 4.69) is 246 Å². The summed E-state index contributed by atoms with van der Waals surface area (Å²) < 4.78 is 0. The van der Waals surface area contributed by atoms with Crippen LogP contribution in [-0.4, -0.2) is 0 Å². The van der Waals surface area contributed by atoms with Crippen molar-refractivity contribution in [1.82, 2.24) is 0 Å². The first kappa shape index (κ1) is 35.1. The summed E-state index contributed by atoms with van der Waals surface area (Å²) in [5, 5.41) is 9.52. The monoisotopic (exact) mass is 762 g/mol. The zero-order valence-electron chi connectivity index (χ0n) is 32.8. The molecule has 0 aliphatic rings. The maximum absolute atomic E-state index is 3.30. The van der Waals surface area contributed by atoms with Crippen molar-refractivity contribution in [3.63, 3.8) is 0 Å². The number of anilines is 6. The van der Waals surface area contributed by atoms with Gasteiger partial charge in [-0.25, -0.2) is 0 Å². The minimum absolute atomic E-state index is 1.04. The molecule has 0 atom stereocenters. The van der Waals surface area contributed by atoms with E-state index in [1.54, 1.807) is 0 Å². The predicted molar refractivity (Wildman–Crippen MR) is 254 cm³/mol. The van der Waals surface area contributed by atoms with Crippen molar-refractivity contribution in [2.45, 2.75) is 0 Å². The van der Waals surface area contributed by atoms with Crippen LogP contribution in [0.15, 0.2) is 231 Å². The van der Waals surface area contributed by atoms with Gasteiger partial charge in [-0.1, -0.05) is 158 Å². The van der Waals surface area contributed by atoms with Crippen LogP contribution in [0.3, 0.4) is 0 Å². The Bertz CT molecular complexity index is 2930. The minimum Gasteiger partial charge on any atom is -0.310 e. The number of benzene rings is 10. The van der Waals surface area contributed by atoms with Gasteiger partial charge >= 0.3 is 0 Å². The Morgan fingerprint density at radius 1 is 0.250 bits per heavy atom. The van der Waals surface area contributed by atoms with E-state index in [9.17, 15) is 0 Å². The number of rotatable bonds is 8. The molecule has 0 saturated carbocycles. The number of nitrogens with zero attached hydrogens (tertiary/aromatic N) is 2. The minimum atomic E-state index is 1.04. The van der Waals surface area contributed by atoms with E-state index in [4.69, 9.17) is 0 Å². The second-order valence-corrected chi connectivity index (χ2v) is 15.3. The fraction of sp³-hybridized carbons (Fsp3) is 0. The summed E-state index contributed by atoms with van der Waals surface area (Å²) in [6.45, 7) is 0. The van der Waals surface area contributed by atoms with Gasteiger partial charge in [0.1, 0.15) is 0 Å². The molecule has 0 N–H and O–H groups in total. The smallest absolute Gasteiger partial charge is 0.0474 e. The summed E-state index contributed by atoms with van der Waals surface area (Å²) in [5.41, 5.74) is 11.3. The van der Waals surface area contributed by atoms with Crippen molar-refractivity contribution < 1.29 is 0 Å². The number of hydrogen-bond donors (Lipinski definition) is 0. The third kappa shape index (κ3) is 6.65. The van der Waals surface area contributed by atoms with Crippen molar-refractivity contribution in [3.05, 3.63) is 243 Å². The van der Waals surface area contributed by atoms with Crippen LogP contribution in [-0.2, 0) is 0 Å². The molecular weight excluding hydrogens is 725 g/mol. The summed E-state index contributed by atoms with van der Waals surface area (Å²) in [7, 11) is 0. The quantitative estimate of drug-likeness (QED) is 0.152. The van der Waals surface area contributed by atoms with Crippen LogP contribution in [0.25, 0.3) is 65.3 Å². The third-order valence-corrected chi connectivity index (χ3v) is 11.6. The lowest BCUT2D eigenvalue weighted by molar-refractivity contribution is 1.29. The molecule has 2 nitrogen and oxygen atoms in total. The maximum Gasteiger partial charge on any atom is 0.0474 e. The molecule has 0 radical (unpaired) electrons. The van der Waals surface area contributed by atoms with Gasteiger partial charge in [0, 0.05) is 39.5 Å². The Labute approximate surface area is 350 Å². The highest BCUT2D eigenvalue weighted by atomic mass is 15.1. The fourth-order valence-electron chi connectivity index (χ4n) is 8.49. The summed E-state index contributed by atoms with van der Waals surface area (Å²) in [5.74, 6) is 0. The lowest BCUT2D eigenvalue weighted by atomic mass is 9.99. The van der Waals surface area contributed by atoms with Gasteiger partial charge in [0.05, 0.1) is 0 Å². The van der Waals surface area contributed by atoms with Crippen molar-refractivity contribution in [1.29, 1.82) is 0 Å². The zero-order chi connectivity index (χ0) is 39.8. The molecule has 0 aliphatic carbocycles. The summed E-state index contributed by atoms with van der Waals surface area (Å²) in [6, 6.07) is 89.5. The van der Waals surface area contributed by atoms with Gasteiger partial charge in [-0.2, -0.15) is 0 Å². The van der Waals surface area contributed by atoms with Crippen molar-refractivity contribution in [3.8, 4) is 22.3 Å². The molecule has 2 heteroatoms. The summed E-state index contributed by atoms with van der Waals surface area (Å²) in [4.78, 5) is 4.68. The van der Waals surface area contributed by atoms with E-state index >= 15 is 0 Å². The van der Waals surface area contributed by atoms with E-state index in [-0.39, 0.29) is 0 Å². The number of fused-ring (bicyclic) bond motifs is 4. The van der Waals surface area contributed by atoms with Crippen molar-refractivity contribution in [2.75, 3.05) is 9.80 Å². The predicted octanol–water partition coefficient (Wildman–Crippen LogP) is 16.2. The standard InChI is InChI=1S/C58H38N2/c1-5-13-49-37-55(33-25-41(49)9-1)59(56-34-26-42-10-2-6-14-50(42)38-56)53-29-21-47(22-30-53)45-17-19-46(20-18-45)48-23-31-54(32-24-48)60(57-35-27-43-11-3-7-15-51(43)39-57)58-36-28-44-12-4-8-16-52(44)40-58/h1-7,9-15,17-40H. The average molecular weight is 763 g/mol. The Kier molecular flexibility index (Phi) is 8.77. The second-order valence-electron chi connectivity index (χ2n) is 15.3. The first-order valence-electron chi connectivity index (χ1n) is 20.4. The molecule has 280 valence electrons. The lowest BCUT2D eigenvalue weighted by Crippen LogP contribution is -2.10. The van der Waals surface area contributed by atoms with Crippen molar-refractivity contribution >= 4 is 77.2 Å². The Morgan fingerprint density at radius 2 is 0.567 bits per heavy atom. The maximum atomic E-state index is 3.30. The van der Waals surface area contributed by atoms with E-state index in [0.717, 1.165) is 44.9 Å². The van der Waals surface area contributed by atoms with Crippen LogP contribution in [0.2, 0.25) is 0 Å². The average Bonchev–Trinajstić information content (AvgIpc) is 3.32. The van der Waals surface area contributed by atoms with Crippen molar-refractivity contribution in [2.24, 2.45) is 0 Å². The lowest BCUT2D eigenvalue weighted by Gasteiger charge is -2.26. The Hall–Kier alpha value is -8.12. The summed E-state index contributed by atoms with van der Waals surface area (Å²) in [6.07, 6.45) is 0. The highest BCUT2D eigenvalue weighted by Crippen LogP contribution is 2.40. The molecule has 0 heterocycles. The molecule has 0 amide bonds. The molecule has 11 rings (SSSR count). The topological polar surface area (TPSA) is 6.48 Å². The van der Waals surface area contributed by atoms with Gasteiger partial charge in [-0.05, 0) is 145 Å². The fourth-order valence-corrected chi connectivity index (χ4v) is 8.49. The molecule has 0 bridgehead atoms. The summed E-state index contributed by atoms with van der Waals surface area (Å²) >= 11 is 0. The molecule has 0 aliphatic heterocycles. The largest absolute Gasteiger partial charge is 0.310 e. The molecule has 11 aromatic rings. The normalized spacial score (nSPS) is 11.2. The van der Waals surface area contributed by atoms with Gasteiger partial charge in [0.2, 0.25) is 0 Å². The second kappa shape index (κ2) is 15.0. The van der Waals surface area contributed by atoms with Gasteiger partial charge in [0.25, 0.3) is 0 Å². The first-order chi connectivity index (χ1) is 29.7. The van der Waals surface area contributed by atoms with Crippen LogP contribution >= 0.6 is 0 Å². The zero-order valence-corrected chi connectivity index (χ0v) is 32.8. The van der Waals surface area contributed by atoms with Crippen LogP contribution in [0.1, 0.15) is 0 Å².